The zero-order chi connectivity index (χ0) is 52.5. The Kier molecular flexibility index (Phi) is 16.4. The first-order valence-corrected chi connectivity index (χ1v) is 25.7. The number of ether oxygens (including phenoxy) is 3. The maximum absolute atomic E-state index is 12.9. The highest BCUT2D eigenvalue weighted by atomic mass is 32.2. The van der Waals surface area contributed by atoms with Gasteiger partial charge in [-0.05, 0) is 96.1 Å². The van der Waals surface area contributed by atoms with Gasteiger partial charge in [-0.2, -0.15) is 8.42 Å². The molecule has 6 aromatic rings. The Morgan fingerprint density at radius 1 is 0.622 bits per heavy atom. The Morgan fingerprint density at radius 2 is 1.05 bits per heavy atom. The zero-order valence-electron chi connectivity index (χ0n) is 41.0. The quantitative estimate of drug-likeness (QED) is 0.0305. The van der Waals surface area contributed by atoms with E-state index in [0.29, 0.717) is 53.3 Å². The fraction of sp³-hybridized carbons (Fsp3) is 0.278. The largest absolute Gasteiger partial charge is 0.462 e. The summed E-state index contributed by atoms with van der Waals surface area (Å²) >= 11 is 0. The van der Waals surface area contributed by atoms with Crippen LogP contribution in [-0.2, 0) is 33.3 Å². The first kappa shape index (κ1) is 52.3. The van der Waals surface area contributed by atoms with Crippen LogP contribution >= 0.6 is 0 Å². The second-order valence-corrected chi connectivity index (χ2v) is 19.8. The second-order valence-electron chi connectivity index (χ2n) is 18.1. The van der Waals surface area contributed by atoms with Gasteiger partial charge in [0.05, 0.1) is 32.0 Å². The maximum atomic E-state index is 12.9. The average molecular weight is 1030 g/mol. The van der Waals surface area contributed by atoms with E-state index in [1.165, 1.54) is 4.90 Å². The second kappa shape index (κ2) is 23.2. The summed E-state index contributed by atoms with van der Waals surface area (Å²) in [7, 11) is -3.64. The number of nitrogens with zero attached hydrogens (tertiary/aromatic N) is 4. The van der Waals surface area contributed by atoms with E-state index >= 15 is 0 Å². The molecule has 4 amide bonds. The lowest BCUT2D eigenvalue weighted by molar-refractivity contribution is -0.149. The molecule has 9 rings (SSSR count). The fourth-order valence-electron chi connectivity index (χ4n) is 8.72. The van der Waals surface area contributed by atoms with E-state index in [4.69, 9.17) is 29.2 Å². The third kappa shape index (κ3) is 13.3. The number of esters is 1. The van der Waals surface area contributed by atoms with Crippen molar-refractivity contribution in [2.45, 2.75) is 32.2 Å². The predicted molar refractivity (Wildman–Crippen MR) is 280 cm³/mol. The van der Waals surface area contributed by atoms with Gasteiger partial charge < -0.3 is 24.8 Å². The molecule has 384 valence electrons. The number of carbonyl (C=O) groups is 5. The molecule has 0 aromatic heterocycles. The topological polar surface area (TPSA) is 241 Å². The Balaban J connectivity index is 0.000000202. The van der Waals surface area contributed by atoms with Crippen LogP contribution < -0.4 is 20.4 Å². The van der Waals surface area contributed by atoms with Crippen LogP contribution in [0.2, 0.25) is 0 Å². The van der Waals surface area contributed by atoms with E-state index in [1.807, 2.05) is 80.6 Å². The summed E-state index contributed by atoms with van der Waals surface area (Å²) < 4.78 is 43.0. The van der Waals surface area contributed by atoms with Gasteiger partial charge in [-0.15, -0.1) is 0 Å². The van der Waals surface area contributed by atoms with Gasteiger partial charge in [0, 0.05) is 66.4 Å². The molecule has 20 heteroatoms. The van der Waals surface area contributed by atoms with E-state index in [0.717, 1.165) is 54.0 Å². The van der Waals surface area contributed by atoms with Crippen molar-refractivity contribution in [3.8, 4) is 0 Å². The lowest BCUT2D eigenvalue weighted by Crippen LogP contribution is -2.50. The van der Waals surface area contributed by atoms with Gasteiger partial charge in [-0.1, -0.05) is 72.8 Å². The van der Waals surface area contributed by atoms with E-state index in [1.54, 1.807) is 71.6 Å². The number of piperazine rings is 1. The Morgan fingerprint density at radius 3 is 1.53 bits per heavy atom. The van der Waals surface area contributed by atoms with Crippen LogP contribution in [0.4, 0.5) is 21.0 Å². The number of amidine groups is 2. The number of hydrogen-bond acceptors (Lipinski definition) is 15. The number of cyclic esters (lactones) is 2. The predicted octanol–water partition coefficient (Wildman–Crippen LogP) is 6.39. The van der Waals surface area contributed by atoms with Crippen LogP contribution in [-0.4, -0.2) is 143 Å². The van der Waals surface area contributed by atoms with Crippen molar-refractivity contribution in [1.29, 1.82) is 10.8 Å². The van der Waals surface area contributed by atoms with Crippen molar-refractivity contribution in [3.05, 3.63) is 156 Å². The van der Waals surface area contributed by atoms with Gasteiger partial charge >= 0.3 is 18.2 Å². The van der Waals surface area contributed by atoms with Crippen molar-refractivity contribution in [2.24, 2.45) is 0 Å². The number of nitrogens with one attached hydrogen (secondary N) is 4. The van der Waals surface area contributed by atoms with Gasteiger partial charge in [0.25, 0.3) is 21.9 Å². The summed E-state index contributed by atoms with van der Waals surface area (Å²) in [6.45, 7) is 7.96. The van der Waals surface area contributed by atoms with Crippen molar-refractivity contribution in [3.63, 3.8) is 0 Å². The molecule has 3 fully saturated rings. The summed E-state index contributed by atoms with van der Waals surface area (Å²) in [5, 5.41) is 25.5. The first-order chi connectivity index (χ1) is 35.5. The van der Waals surface area contributed by atoms with Crippen LogP contribution in [0, 0.1) is 10.8 Å². The van der Waals surface area contributed by atoms with Gasteiger partial charge in [0.1, 0.15) is 30.5 Å². The number of fused-ring (bicyclic) bond motifs is 2. The highest BCUT2D eigenvalue weighted by Gasteiger charge is 2.35. The van der Waals surface area contributed by atoms with Gasteiger partial charge in [0.2, 0.25) is 0 Å². The molecule has 0 spiro atoms. The van der Waals surface area contributed by atoms with E-state index in [9.17, 15) is 32.4 Å². The molecule has 3 aliphatic heterocycles. The molecule has 19 nitrogen and oxygen atoms in total. The number of hydrogen-bond donors (Lipinski definition) is 4. The number of amides is 4. The first-order valence-electron chi connectivity index (χ1n) is 23.9. The van der Waals surface area contributed by atoms with Crippen LogP contribution in [0.25, 0.3) is 21.5 Å². The molecule has 3 aliphatic rings. The molecular weight excluding hydrogens is 969 g/mol. The smallest absolute Gasteiger partial charge is 0.414 e. The third-order valence-electron chi connectivity index (χ3n) is 12.3. The van der Waals surface area contributed by atoms with Crippen LogP contribution in [0.15, 0.2) is 133 Å². The van der Waals surface area contributed by atoms with Gasteiger partial charge in [-0.25, -0.2) is 9.59 Å². The molecular formula is C54H56N8O11S. The third-order valence-corrected chi connectivity index (χ3v) is 12.9. The summed E-state index contributed by atoms with van der Waals surface area (Å²) in [6, 6.07) is 39.5. The van der Waals surface area contributed by atoms with Crippen LogP contribution in [0.1, 0.15) is 45.7 Å². The maximum Gasteiger partial charge on any atom is 0.414 e. The minimum Gasteiger partial charge on any atom is -0.462 e. The van der Waals surface area contributed by atoms with Crippen molar-refractivity contribution in [1.82, 2.24) is 20.4 Å². The minimum absolute atomic E-state index is 0.0204. The summed E-state index contributed by atoms with van der Waals surface area (Å²) in [6.07, 6.45) is -1.20. The van der Waals surface area contributed by atoms with Crippen LogP contribution in [0.5, 0.6) is 0 Å². The lowest BCUT2D eigenvalue weighted by atomic mass is 10.0. The van der Waals surface area contributed by atoms with E-state index < -0.39 is 34.3 Å². The van der Waals surface area contributed by atoms with Crippen molar-refractivity contribution >= 4 is 84.7 Å². The number of carbonyl (C=O) groups excluding carboxylic acids is 5. The monoisotopic (exact) mass is 1020 g/mol. The Labute approximate surface area is 428 Å². The molecule has 2 atom stereocenters. The number of anilines is 2. The lowest BCUT2D eigenvalue weighted by Gasteiger charge is -2.34. The molecule has 0 bridgehead atoms. The number of rotatable bonds is 14. The summed E-state index contributed by atoms with van der Waals surface area (Å²) in [5.74, 6) is -1.05. The summed E-state index contributed by atoms with van der Waals surface area (Å²) in [4.78, 5) is 69.6. The molecule has 0 aliphatic carbocycles. The molecule has 3 heterocycles. The highest BCUT2D eigenvalue weighted by Crippen LogP contribution is 2.26. The standard InChI is InChI=1S/C31H35N5O5.C23H21N3O6S/c1-21(2)40-28(37)20-35-16-14-34(15-17-35)18-25-19-36(31(39)41-25)24-12-10-23(11-13-24)29(32)33-30(38)27-9-5-7-22-6-3-4-8-26(22)27;1-33(29,30)31-14-18-13-26(23(28)32-18)17-11-9-16(10-12-17)21(24)25-22(27)20-8-4-6-15-5-2-3-7-19(15)20/h3-13,21,25H,14-20H2,1-2H3,(H2,32,33,38);2-12,18H,13-14H2,1H3,(H2,24,25,27). The van der Waals surface area contributed by atoms with Crippen LogP contribution in [0.3, 0.4) is 0 Å². The molecule has 6 aromatic carbocycles. The molecule has 0 saturated carbocycles. The zero-order valence-corrected chi connectivity index (χ0v) is 41.8. The van der Waals surface area contributed by atoms with E-state index in [-0.39, 0.29) is 48.9 Å². The molecule has 0 radical (unpaired) electrons. The fourth-order valence-corrected chi connectivity index (χ4v) is 9.11. The normalized spacial score (nSPS) is 17.1. The average Bonchev–Trinajstić information content (AvgIpc) is 3.96. The molecule has 2 unspecified atom stereocenters. The Hall–Kier alpha value is -8.04. The molecule has 74 heavy (non-hydrogen) atoms. The summed E-state index contributed by atoms with van der Waals surface area (Å²) in [5.41, 5.74) is 3.14. The highest BCUT2D eigenvalue weighted by molar-refractivity contribution is 7.86. The SMILES string of the molecule is CC(C)OC(=O)CN1CCN(CC2CN(c3ccc(C(=N)NC(=O)c4cccc5ccccc45)cc3)C(=O)O2)CC1.CS(=O)(=O)OCC1CN(c2ccc(C(=N)NC(=O)c3cccc4ccccc34)cc2)C(=O)O1. The molecule has 4 N–H and O–H groups in total. The Bertz CT molecular complexity index is 3190. The van der Waals surface area contributed by atoms with E-state index in [2.05, 4.69) is 20.4 Å². The van der Waals surface area contributed by atoms with Crippen molar-refractivity contribution in [2.75, 3.05) is 75.0 Å². The van der Waals surface area contributed by atoms with Crippen molar-refractivity contribution < 1.29 is 50.8 Å². The van der Waals surface area contributed by atoms with Gasteiger partial charge in [-0.3, -0.25) is 49.0 Å². The number of benzene rings is 6. The molecule has 3 saturated heterocycles. The minimum atomic E-state index is -3.64. The van der Waals surface area contributed by atoms with Gasteiger partial charge in [0.15, 0.2) is 0 Å².